The molecular formula is C9H7N3O3. The van der Waals surface area contributed by atoms with Crippen molar-refractivity contribution in [3.05, 3.63) is 34.4 Å². The molecule has 0 unspecified atom stereocenters. The topological polar surface area (TPSA) is 95.9 Å². The van der Waals surface area contributed by atoms with E-state index in [2.05, 4.69) is 15.2 Å². The number of aromatic nitrogens is 3. The third-order valence-corrected chi connectivity index (χ3v) is 1.94. The van der Waals surface area contributed by atoms with E-state index in [1.807, 2.05) is 0 Å². The van der Waals surface area contributed by atoms with Gasteiger partial charge in [0, 0.05) is 11.6 Å². The summed E-state index contributed by atoms with van der Waals surface area (Å²) in [5.41, 5.74) is 0.105. The van der Waals surface area contributed by atoms with Crippen molar-refractivity contribution in [2.24, 2.45) is 0 Å². The molecular weight excluding hydrogens is 198 g/mol. The van der Waals surface area contributed by atoms with Crippen LogP contribution in [0.15, 0.2) is 23.1 Å². The number of hydrogen-bond donors (Lipinski definition) is 2. The first-order valence-electron chi connectivity index (χ1n) is 4.22. The highest BCUT2D eigenvalue weighted by atomic mass is 16.4. The highest BCUT2D eigenvalue weighted by molar-refractivity contribution is 5.83. The molecule has 6 heteroatoms. The number of nitrogens with zero attached hydrogens (tertiary/aromatic N) is 2. The van der Waals surface area contributed by atoms with Crippen LogP contribution in [0.5, 0.6) is 0 Å². The van der Waals surface area contributed by atoms with Gasteiger partial charge in [0.1, 0.15) is 5.52 Å². The van der Waals surface area contributed by atoms with Gasteiger partial charge in [-0.15, -0.1) is 0 Å². The second kappa shape index (κ2) is 3.49. The Morgan fingerprint density at radius 1 is 1.53 bits per heavy atom. The maximum Gasteiger partial charge on any atom is 0.309 e. The average Bonchev–Trinajstić information content (AvgIpc) is 2.22. The third-order valence-electron chi connectivity index (χ3n) is 1.94. The van der Waals surface area contributed by atoms with Crippen LogP contribution in [0.25, 0.3) is 10.9 Å². The van der Waals surface area contributed by atoms with E-state index in [0.29, 0.717) is 11.1 Å². The van der Waals surface area contributed by atoms with Crippen LogP contribution in [0.1, 0.15) is 5.69 Å². The van der Waals surface area contributed by atoms with Gasteiger partial charge >= 0.3 is 5.97 Å². The average molecular weight is 205 g/mol. The summed E-state index contributed by atoms with van der Waals surface area (Å²) in [6.45, 7) is 0. The lowest BCUT2D eigenvalue weighted by atomic mass is 10.2. The fourth-order valence-corrected chi connectivity index (χ4v) is 1.33. The van der Waals surface area contributed by atoms with E-state index in [9.17, 15) is 9.59 Å². The fraction of sp³-hybridized carbons (Fsp3) is 0.111. The van der Waals surface area contributed by atoms with Crippen molar-refractivity contribution in [3.8, 4) is 0 Å². The number of carboxylic acids is 1. The summed E-state index contributed by atoms with van der Waals surface area (Å²) >= 11 is 0. The Labute approximate surface area is 83.6 Å². The van der Waals surface area contributed by atoms with Gasteiger partial charge in [0.15, 0.2) is 0 Å². The molecule has 0 aliphatic rings. The first-order valence-corrected chi connectivity index (χ1v) is 4.22. The molecule has 15 heavy (non-hydrogen) atoms. The van der Waals surface area contributed by atoms with Gasteiger partial charge in [-0.25, -0.2) is 5.10 Å². The van der Waals surface area contributed by atoms with Crippen LogP contribution in [0.3, 0.4) is 0 Å². The molecule has 2 N–H and O–H groups in total. The van der Waals surface area contributed by atoms with E-state index in [-0.39, 0.29) is 11.9 Å². The number of nitrogens with one attached hydrogen (secondary N) is 1. The Balaban J connectivity index is 2.71. The lowest BCUT2D eigenvalue weighted by Crippen LogP contribution is -2.14. The minimum Gasteiger partial charge on any atom is -0.481 e. The monoisotopic (exact) mass is 205 g/mol. The number of aromatic amines is 1. The number of hydrogen-bond acceptors (Lipinski definition) is 4. The van der Waals surface area contributed by atoms with E-state index < -0.39 is 11.5 Å². The molecule has 76 valence electrons. The number of carboxylic acid groups (broad SMARTS) is 1. The molecule has 0 bridgehead atoms. The second-order valence-electron chi connectivity index (χ2n) is 2.97. The lowest BCUT2D eigenvalue weighted by Gasteiger charge is -2.00. The number of carbonyl (C=O) groups is 1. The highest BCUT2D eigenvalue weighted by Gasteiger charge is 2.09. The first kappa shape index (κ1) is 9.32. The van der Waals surface area contributed by atoms with Crippen LogP contribution >= 0.6 is 0 Å². The summed E-state index contributed by atoms with van der Waals surface area (Å²) in [5, 5.41) is 15.0. The predicted octanol–water partition coefficient (Wildman–Crippen LogP) is -0.0548. The molecule has 0 saturated heterocycles. The Kier molecular flexibility index (Phi) is 2.17. The van der Waals surface area contributed by atoms with Crippen molar-refractivity contribution in [2.45, 2.75) is 6.42 Å². The molecule has 2 aromatic heterocycles. The zero-order valence-corrected chi connectivity index (χ0v) is 7.60. The van der Waals surface area contributed by atoms with Crippen molar-refractivity contribution >= 4 is 16.9 Å². The fourth-order valence-electron chi connectivity index (χ4n) is 1.33. The number of pyridine rings is 1. The van der Waals surface area contributed by atoms with Gasteiger partial charge in [-0.3, -0.25) is 14.6 Å². The maximum absolute atomic E-state index is 11.3. The van der Waals surface area contributed by atoms with Crippen molar-refractivity contribution < 1.29 is 9.90 Å². The molecule has 0 aliphatic carbocycles. The van der Waals surface area contributed by atoms with Crippen LogP contribution in [-0.2, 0) is 11.2 Å². The SMILES string of the molecule is O=C(O)Cc1n[nH]c(=O)c2ncccc12. The molecule has 0 aromatic carbocycles. The second-order valence-corrected chi connectivity index (χ2v) is 2.97. The van der Waals surface area contributed by atoms with E-state index in [1.54, 1.807) is 12.1 Å². The van der Waals surface area contributed by atoms with Crippen molar-refractivity contribution in [1.29, 1.82) is 0 Å². The summed E-state index contributed by atoms with van der Waals surface area (Å²) in [4.78, 5) is 25.7. The standard InChI is InChI=1S/C9H7N3O3/c13-7(14)4-6-5-2-1-3-10-8(5)9(15)12-11-6/h1-3H,4H2,(H,12,15)(H,13,14). The third kappa shape index (κ3) is 1.69. The van der Waals surface area contributed by atoms with Gasteiger partial charge < -0.3 is 5.11 Å². The van der Waals surface area contributed by atoms with Crippen LogP contribution in [-0.4, -0.2) is 26.3 Å². The number of aliphatic carboxylic acids is 1. The zero-order chi connectivity index (χ0) is 10.8. The number of H-pyrrole nitrogens is 1. The predicted molar refractivity (Wildman–Crippen MR) is 51.5 cm³/mol. The van der Waals surface area contributed by atoms with Gasteiger partial charge in [-0.2, -0.15) is 5.10 Å². The maximum atomic E-state index is 11.3. The molecule has 6 nitrogen and oxygen atoms in total. The van der Waals surface area contributed by atoms with E-state index in [0.717, 1.165) is 0 Å². The highest BCUT2D eigenvalue weighted by Crippen LogP contribution is 2.10. The van der Waals surface area contributed by atoms with Gasteiger partial charge in [-0.05, 0) is 12.1 Å². The molecule has 0 saturated carbocycles. The van der Waals surface area contributed by atoms with Crippen LogP contribution < -0.4 is 5.56 Å². The minimum atomic E-state index is -1.00. The quantitative estimate of drug-likeness (QED) is 0.716. The molecule has 0 radical (unpaired) electrons. The number of fused-ring (bicyclic) bond motifs is 1. The van der Waals surface area contributed by atoms with E-state index in [4.69, 9.17) is 5.11 Å². The van der Waals surface area contributed by atoms with Crippen molar-refractivity contribution in [1.82, 2.24) is 15.2 Å². The molecule has 2 aromatic rings. The van der Waals surface area contributed by atoms with Gasteiger partial charge in [0.05, 0.1) is 12.1 Å². The summed E-state index contributed by atoms with van der Waals surface area (Å²) < 4.78 is 0. The van der Waals surface area contributed by atoms with Gasteiger partial charge in [-0.1, -0.05) is 0 Å². The zero-order valence-electron chi connectivity index (χ0n) is 7.60. The summed E-state index contributed by atoms with van der Waals surface area (Å²) in [5.74, 6) is -1.00. The van der Waals surface area contributed by atoms with Crippen LogP contribution in [0.2, 0.25) is 0 Å². The van der Waals surface area contributed by atoms with E-state index >= 15 is 0 Å². The molecule has 2 rings (SSSR count). The van der Waals surface area contributed by atoms with Gasteiger partial charge in [0.25, 0.3) is 5.56 Å². The van der Waals surface area contributed by atoms with Crippen molar-refractivity contribution in [2.75, 3.05) is 0 Å². The first-order chi connectivity index (χ1) is 7.18. The van der Waals surface area contributed by atoms with Gasteiger partial charge in [0.2, 0.25) is 0 Å². The smallest absolute Gasteiger partial charge is 0.309 e. The summed E-state index contributed by atoms with van der Waals surface area (Å²) in [6, 6.07) is 3.26. The molecule has 0 spiro atoms. The molecule has 0 aliphatic heterocycles. The molecule has 0 amide bonds. The van der Waals surface area contributed by atoms with E-state index in [1.165, 1.54) is 6.20 Å². The molecule has 0 fully saturated rings. The van der Waals surface area contributed by atoms with Crippen LogP contribution in [0, 0.1) is 0 Å². The Bertz CT molecular complexity index is 576. The molecule has 2 heterocycles. The normalized spacial score (nSPS) is 10.4. The minimum absolute atomic E-state index is 0.212. The molecule has 0 atom stereocenters. The Hall–Kier alpha value is -2.24. The van der Waals surface area contributed by atoms with Crippen LogP contribution in [0.4, 0.5) is 0 Å². The summed E-state index contributed by atoms with van der Waals surface area (Å²) in [6.07, 6.45) is 1.24. The summed E-state index contributed by atoms with van der Waals surface area (Å²) in [7, 11) is 0. The van der Waals surface area contributed by atoms with Crippen molar-refractivity contribution in [3.63, 3.8) is 0 Å². The Morgan fingerprint density at radius 2 is 2.33 bits per heavy atom. The largest absolute Gasteiger partial charge is 0.481 e. The number of rotatable bonds is 2. The Morgan fingerprint density at radius 3 is 3.07 bits per heavy atom. The lowest BCUT2D eigenvalue weighted by molar-refractivity contribution is -0.136.